The van der Waals surface area contributed by atoms with E-state index in [1.807, 2.05) is 30.3 Å². The van der Waals surface area contributed by atoms with Gasteiger partial charge >= 0.3 is 5.97 Å². The number of fused-ring (bicyclic) bond motifs is 1. The van der Waals surface area contributed by atoms with Gasteiger partial charge in [-0.3, -0.25) is 0 Å². The Kier molecular flexibility index (Phi) is 3.34. The molecule has 94 valence electrons. The quantitative estimate of drug-likeness (QED) is 0.844. The van der Waals surface area contributed by atoms with Gasteiger partial charge in [0.2, 0.25) is 0 Å². The summed E-state index contributed by atoms with van der Waals surface area (Å²) in [5.41, 5.74) is -0.509. The van der Waals surface area contributed by atoms with E-state index in [9.17, 15) is 9.90 Å². The predicted octanol–water partition coefficient (Wildman–Crippen LogP) is 2.77. The van der Waals surface area contributed by atoms with E-state index in [0.717, 1.165) is 10.8 Å². The molecule has 0 aliphatic heterocycles. The first kappa shape index (κ1) is 12.6. The summed E-state index contributed by atoms with van der Waals surface area (Å²) in [6.07, 6.45) is 0. The van der Waals surface area contributed by atoms with Gasteiger partial charge in [0.1, 0.15) is 6.61 Å². The van der Waals surface area contributed by atoms with E-state index in [4.69, 9.17) is 4.74 Å². The molecule has 0 aliphatic carbocycles. The molecular formula is C15H16O3. The topological polar surface area (TPSA) is 46.5 Å². The number of hydrogen-bond donors (Lipinski definition) is 1. The fourth-order valence-electron chi connectivity index (χ4n) is 1.64. The van der Waals surface area contributed by atoms with Crippen LogP contribution in [-0.2, 0) is 4.74 Å². The molecule has 0 atom stereocenters. The van der Waals surface area contributed by atoms with Crippen LogP contribution in [0, 0.1) is 0 Å². The number of hydrogen-bond acceptors (Lipinski definition) is 3. The van der Waals surface area contributed by atoms with Crippen LogP contribution in [0.4, 0.5) is 0 Å². The second-order valence-corrected chi connectivity index (χ2v) is 4.95. The summed E-state index contributed by atoms with van der Waals surface area (Å²) < 4.78 is 5.05. The molecule has 0 unspecified atom stereocenters. The van der Waals surface area contributed by atoms with Crippen LogP contribution in [-0.4, -0.2) is 23.3 Å². The molecule has 2 aromatic rings. The van der Waals surface area contributed by atoms with E-state index >= 15 is 0 Å². The number of esters is 1. The van der Waals surface area contributed by atoms with Gasteiger partial charge in [-0.1, -0.05) is 30.3 Å². The van der Waals surface area contributed by atoms with Gasteiger partial charge in [0.25, 0.3) is 0 Å². The molecule has 2 rings (SSSR count). The van der Waals surface area contributed by atoms with Gasteiger partial charge in [0.05, 0.1) is 11.2 Å². The predicted molar refractivity (Wildman–Crippen MR) is 70.5 cm³/mol. The molecule has 2 aromatic carbocycles. The summed E-state index contributed by atoms with van der Waals surface area (Å²) in [7, 11) is 0. The number of carbonyl (C=O) groups excluding carboxylic acids is 1. The second kappa shape index (κ2) is 4.78. The van der Waals surface area contributed by atoms with Crippen LogP contribution in [0.15, 0.2) is 42.5 Å². The van der Waals surface area contributed by atoms with Gasteiger partial charge in [0.15, 0.2) is 0 Å². The zero-order valence-corrected chi connectivity index (χ0v) is 10.5. The lowest BCUT2D eigenvalue weighted by molar-refractivity contribution is -0.0100. The Labute approximate surface area is 106 Å². The Morgan fingerprint density at radius 3 is 2.50 bits per heavy atom. The lowest BCUT2D eigenvalue weighted by atomic mass is 10.1. The van der Waals surface area contributed by atoms with Crippen molar-refractivity contribution in [2.45, 2.75) is 19.4 Å². The van der Waals surface area contributed by atoms with Crippen LogP contribution < -0.4 is 0 Å². The monoisotopic (exact) mass is 244 g/mol. The second-order valence-electron chi connectivity index (χ2n) is 4.95. The minimum Gasteiger partial charge on any atom is -0.459 e. The first-order chi connectivity index (χ1) is 8.46. The molecule has 3 nitrogen and oxygen atoms in total. The van der Waals surface area contributed by atoms with Gasteiger partial charge in [0, 0.05) is 0 Å². The number of rotatable bonds is 3. The van der Waals surface area contributed by atoms with Crippen LogP contribution >= 0.6 is 0 Å². The fourth-order valence-corrected chi connectivity index (χ4v) is 1.64. The van der Waals surface area contributed by atoms with Crippen LogP contribution in [0.1, 0.15) is 24.2 Å². The van der Waals surface area contributed by atoms with E-state index < -0.39 is 11.6 Å². The van der Waals surface area contributed by atoms with E-state index in [0.29, 0.717) is 5.56 Å². The van der Waals surface area contributed by atoms with Crippen molar-refractivity contribution in [3.8, 4) is 0 Å². The van der Waals surface area contributed by atoms with Crippen molar-refractivity contribution in [3.05, 3.63) is 48.0 Å². The number of aliphatic hydroxyl groups is 1. The summed E-state index contributed by atoms with van der Waals surface area (Å²) in [5, 5.41) is 11.6. The maximum Gasteiger partial charge on any atom is 0.338 e. The SMILES string of the molecule is CC(C)(O)COC(=O)c1ccc2ccccc2c1. The summed E-state index contributed by atoms with van der Waals surface area (Å²) in [6.45, 7) is 3.18. The summed E-state index contributed by atoms with van der Waals surface area (Å²) >= 11 is 0. The molecule has 0 aromatic heterocycles. The standard InChI is InChI=1S/C15H16O3/c1-15(2,17)10-18-14(16)13-8-7-11-5-3-4-6-12(11)9-13/h3-9,17H,10H2,1-2H3. The Morgan fingerprint density at radius 2 is 1.83 bits per heavy atom. The van der Waals surface area contributed by atoms with Crippen molar-refractivity contribution in [2.75, 3.05) is 6.61 Å². The Morgan fingerprint density at radius 1 is 1.17 bits per heavy atom. The van der Waals surface area contributed by atoms with Crippen LogP contribution in [0.3, 0.4) is 0 Å². The van der Waals surface area contributed by atoms with Crippen molar-refractivity contribution in [1.29, 1.82) is 0 Å². The number of benzene rings is 2. The minimum absolute atomic E-state index is 0.0152. The van der Waals surface area contributed by atoms with Gasteiger partial charge in [-0.25, -0.2) is 4.79 Å². The van der Waals surface area contributed by atoms with E-state index in [1.165, 1.54) is 0 Å². The molecule has 0 aliphatic rings. The molecule has 0 bridgehead atoms. The first-order valence-corrected chi connectivity index (χ1v) is 5.84. The molecule has 0 saturated carbocycles. The van der Waals surface area contributed by atoms with Crippen molar-refractivity contribution in [1.82, 2.24) is 0 Å². The molecule has 0 spiro atoms. The lowest BCUT2D eigenvalue weighted by Gasteiger charge is -2.16. The smallest absolute Gasteiger partial charge is 0.338 e. The highest BCUT2D eigenvalue weighted by molar-refractivity contribution is 5.95. The van der Waals surface area contributed by atoms with Crippen LogP contribution in [0.25, 0.3) is 10.8 Å². The largest absolute Gasteiger partial charge is 0.459 e. The minimum atomic E-state index is -1.01. The molecule has 18 heavy (non-hydrogen) atoms. The summed E-state index contributed by atoms with van der Waals surface area (Å²) in [5.74, 6) is -0.414. The maximum atomic E-state index is 11.8. The summed E-state index contributed by atoms with van der Waals surface area (Å²) in [4.78, 5) is 11.8. The van der Waals surface area contributed by atoms with Crippen molar-refractivity contribution < 1.29 is 14.6 Å². The van der Waals surface area contributed by atoms with Gasteiger partial charge in [-0.2, -0.15) is 0 Å². The Balaban J connectivity index is 2.18. The van der Waals surface area contributed by atoms with E-state index in [2.05, 4.69) is 0 Å². The van der Waals surface area contributed by atoms with E-state index in [1.54, 1.807) is 26.0 Å². The fraction of sp³-hybridized carbons (Fsp3) is 0.267. The molecule has 0 radical (unpaired) electrons. The normalized spacial score (nSPS) is 11.5. The van der Waals surface area contributed by atoms with Gasteiger partial charge < -0.3 is 9.84 Å². The van der Waals surface area contributed by atoms with Gasteiger partial charge in [-0.05, 0) is 36.8 Å². The molecule has 0 saturated heterocycles. The first-order valence-electron chi connectivity index (χ1n) is 5.84. The highest BCUT2D eigenvalue weighted by Gasteiger charge is 2.16. The third kappa shape index (κ3) is 3.08. The summed E-state index contributed by atoms with van der Waals surface area (Å²) in [6, 6.07) is 13.2. The third-order valence-electron chi connectivity index (χ3n) is 2.54. The highest BCUT2D eigenvalue weighted by Crippen LogP contribution is 2.16. The molecule has 0 heterocycles. The number of ether oxygens (including phenoxy) is 1. The Hall–Kier alpha value is -1.87. The highest BCUT2D eigenvalue weighted by atomic mass is 16.5. The zero-order valence-electron chi connectivity index (χ0n) is 10.5. The average molecular weight is 244 g/mol. The molecule has 3 heteroatoms. The van der Waals surface area contributed by atoms with Crippen molar-refractivity contribution >= 4 is 16.7 Å². The van der Waals surface area contributed by atoms with Crippen LogP contribution in [0.5, 0.6) is 0 Å². The zero-order chi connectivity index (χ0) is 13.2. The van der Waals surface area contributed by atoms with Crippen molar-refractivity contribution in [2.24, 2.45) is 0 Å². The lowest BCUT2D eigenvalue weighted by Crippen LogP contribution is -2.27. The van der Waals surface area contributed by atoms with Gasteiger partial charge in [-0.15, -0.1) is 0 Å². The Bertz CT molecular complexity index is 567. The van der Waals surface area contributed by atoms with Crippen molar-refractivity contribution in [3.63, 3.8) is 0 Å². The molecule has 1 N–H and O–H groups in total. The van der Waals surface area contributed by atoms with Crippen LogP contribution in [0.2, 0.25) is 0 Å². The molecular weight excluding hydrogens is 228 g/mol. The number of carbonyl (C=O) groups is 1. The molecule has 0 amide bonds. The van der Waals surface area contributed by atoms with E-state index in [-0.39, 0.29) is 6.61 Å². The average Bonchev–Trinajstić information content (AvgIpc) is 2.34. The third-order valence-corrected chi connectivity index (χ3v) is 2.54. The molecule has 0 fully saturated rings. The maximum absolute atomic E-state index is 11.8.